The van der Waals surface area contributed by atoms with E-state index in [1.165, 1.54) is 4.57 Å². The van der Waals surface area contributed by atoms with Gasteiger partial charge in [-0.05, 0) is 52.5 Å². The van der Waals surface area contributed by atoms with Crippen molar-refractivity contribution in [3.63, 3.8) is 0 Å². The molecular weight excluding hydrogens is 701 g/mol. The summed E-state index contributed by atoms with van der Waals surface area (Å²) >= 11 is 1.70. The Hall–Kier alpha value is -7.21. The number of hydrogen-bond acceptors (Lipinski definition) is 4. The fourth-order valence-electron chi connectivity index (χ4n) is 7.50. The smallest absolute Gasteiger partial charge is 0.166 e. The first kappa shape index (κ1) is 25.0. The average molecular weight is 741 g/mol. The van der Waals surface area contributed by atoms with Crippen molar-refractivity contribution in [2.75, 3.05) is 0 Å². The number of aromatic nitrogens is 4. The first-order chi connectivity index (χ1) is 31.1. The molecule has 0 aliphatic rings. The SMILES string of the molecule is [2H]c1c([2H])c([2H])c2c(c1[2H])c1c([2H])c([2H])c([2H])c([2H])c1n2-c1ccc(-c2cccc3c2sc2cc(-c4ccccc4)ccc23)cc1-c1nc(-c2ccccc2)nc(-c2ccccc2)n1. The van der Waals surface area contributed by atoms with Crippen molar-refractivity contribution in [3.05, 3.63) is 194 Å². The molecule has 262 valence electrons. The van der Waals surface area contributed by atoms with Crippen LogP contribution in [0.3, 0.4) is 0 Å². The number of fused-ring (bicyclic) bond motifs is 6. The molecule has 3 aromatic heterocycles. The number of para-hydroxylation sites is 2. The predicted octanol–water partition coefficient (Wildman–Crippen LogP) is 13.7. The Bertz CT molecular complexity index is 3570. The van der Waals surface area contributed by atoms with Gasteiger partial charge in [0, 0.05) is 47.6 Å². The van der Waals surface area contributed by atoms with E-state index < -0.39 is 48.3 Å². The fourth-order valence-corrected chi connectivity index (χ4v) is 8.78. The molecule has 3 heterocycles. The molecule has 5 heteroatoms. The standard InChI is InChI=1S/C51H32N4S/c1-4-15-33(16-5-1)36-27-29-41-42-24-14-23-38(48(42)56-47(41)32-36)37-28-30-46(55-44-25-12-10-21-39(44)40-22-11-13-26-45(40)55)43(31-37)51-53-49(34-17-6-2-7-18-34)52-50(54-51)35-19-8-3-9-20-35/h1-32H/i10D,11D,12D,13D,21D,22D,25D,26D. The molecule has 11 aromatic rings. The second-order valence-corrected chi connectivity index (χ2v) is 14.5. The summed E-state index contributed by atoms with van der Waals surface area (Å²) in [5.74, 6) is 1.04. The molecule has 0 spiro atoms. The number of rotatable bonds is 6. The molecule has 11 rings (SSSR count). The molecule has 0 fully saturated rings. The average Bonchev–Trinajstić information content (AvgIpc) is 3.91. The first-order valence-corrected chi connectivity index (χ1v) is 18.9. The van der Waals surface area contributed by atoms with Crippen molar-refractivity contribution in [1.82, 2.24) is 19.5 Å². The highest BCUT2D eigenvalue weighted by molar-refractivity contribution is 7.26. The summed E-state index contributed by atoms with van der Waals surface area (Å²) in [5, 5.41) is 2.19. The van der Waals surface area contributed by atoms with E-state index in [1.807, 2.05) is 103 Å². The van der Waals surface area contributed by atoms with Crippen molar-refractivity contribution in [2.24, 2.45) is 0 Å². The summed E-state index contributed by atoms with van der Waals surface area (Å²) in [6.45, 7) is 0. The lowest BCUT2D eigenvalue weighted by Gasteiger charge is -2.16. The zero-order chi connectivity index (χ0) is 44.0. The van der Waals surface area contributed by atoms with Crippen LogP contribution in [0.4, 0.5) is 0 Å². The molecule has 0 radical (unpaired) electrons. The molecule has 56 heavy (non-hydrogen) atoms. The van der Waals surface area contributed by atoms with Crippen molar-refractivity contribution in [1.29, 1.82) is 0 Å². The lowest BCUT2D eigenvalue weighted by Crippen LogP contribution is -2.04. The number of thiophene rings is 1. The van der Waals surface area contributed by atoms with Gasteiger partial charge < -0.3 is 4.57 Å². The van der Waals surface area contributed by atoms with Crippen LogP contribution in [0.5, 0.6) is 0 Å². The van der Waals surface area contributed by atoms with Crippen LogP contribution in [0.25, 0.3) is 104 Å². The van der Waals surface area contributed by atoms with E-state index in [0.717, 1.165) is 53.6 Å². The fraction of sp³-hybridized carbons (Fsp3) is 0. The molecule has 0 aliphatic carbocycles. The Labute approximate surface area is 338 Å². The van der Waals surface area contributed by atoms with Gasteiger partial charge >= 0.3 is 0 Å². The lowest BCUT2D eigenvalue weighted by atomic mass is 9.98. The summed E-state index contributed by atoms with van der Waals surface area (Å²) < 4.78 is 75.3. The monoisotopic (exact) mass is 740 g/mol. The molecule has 0 bridgehead atoms. The van der Waals surface area contributed by atoms with E-state index in [0.29, 0.717) is 22.9 Å². The van der Waals surface area contributed by atoms with E-state index in [1.54, 1.807) is 11.3 Å². The minimum atomic E-state index is -0.510. The highest BCUT2D eigenvalue weighted by Gasteiger charge is 2.21. The van der Waals surface area contributed by atoms with Gasteiger partial charge in [-0.25, -0.2) is 15.0 Å². The summed E-state index contributed by atoms with van der Waals surface area (Å²) in [7, 11) is 0. The largest absolute Gasteiger partial charge is 0.309 e. The van der Waals surface area contributed by atoms with Crippen molar-refractivity contribution in [2.45, 2.75) is 0 Å². The van der Waals surface area contributed by atoms with Crippen LogP contribution in [-0.2, 0) is 0 Å². The van der Waals surface area contributed by atoms with Gasteiger partial charge in [0.2, 0.25) is 0 Å². The molecule has 0 amide bonds. The van der Waals surface area contributed by atoms with Gasteiger partial charge in [0.1, 0.15) is 0 Å². The Kier molecular flexibility index (Phi) is 5.92. The second kappa shape index (κ2) is 13.3. The maximum absolute atomic E-state index is 9.29. The minimum Gasteiger partial charge on any atom is -0.309 e. The summed E-state index contributed by atoms with van der Waals surface area (Å²) in [4.78, 5) is 15.2. The third kappa shape index (κ3) is 5.40. The first-order valence-electron chi connectivity index (χ1n) is 22.1. The Morgan fingerprint density at radius 3 is 1.62 bits per heavy atom. The Balaban J connectivity index is 1.25. The molecule has 0 saturated heterocycles. The van der Waals surface area contributed by atoms with Gasteiger partial charge in [0.15, 0.2) is 17.5 Å². The van der Waals surface area contributed by atoms with E-state index >= 15 is 0 Å². The zero-order valence-corrected chi connectivity index (χ0v) is 30.4. The summed E-state index contributed by atoms with van der Waals surface area (Å²) in [5.41, 5.74) is 6.28. The Morgan fingerprint density at radius 2 is 0.982 bits per heavy atom. The third-order valence-electron chi connectivity index (χ3n) is 10.1. The van der Waals surface area contributed by atoms with Crippen LogP contribution in [0, 0.1) is 0 Å². The lowest BCUT2D eigenvalue weighted by molar-refractivity contribution is 1.06. The Morgan fingerprint density at radius 1 is 0.411 bits per heavy atom. The normalized spacial score (nSPS) is 13.6. The molecule has 0 unspecified atom stereocenters. The van der Waals surface area contributed by atoms with E-state index in [4.69, 9.17) is 23.2 Å². The van der Waals surface area contributed by atoms with E-state index in [9.17, 15) is 2.74 Å². The minimum absolute atomic E-state index is 0.00319. The number of hydrogen-bond donors (Lipinski definition) is 0. The van der Waals surface area contributed by atoms with Crippen molar-refractivity contribution < 1.29 is 11.0 Å². The maximum atomic E-state index is 9.29. The van der Waals surface area contributed by atoms with Crippen molar-refractivity contribution >= 4 is 53.3 Å². The van der Waals surface area contributed by atoms with Gasteiger partial charge in [0.05, 0.1) is 27.7 Å². The number of benzene rings is 8. The third-order valence-corrected chi connectivity index (χ3v) is 11.3. The van der Waals surface area contributed by atoms with Gasteiger partial charge in [-0.2, -0.15) is 0 Å². The highest BCUT2D eigenvalue weighted by Crippen LogP contribution is 2.43. The molecule has 8 aromatic carbocycles. The second-order valence-electron chi connectivity index (χ2n) is 13.4. The molecule has 0 N–H and O–H groups in total. The zero-order valence-electron chi connectivity index (χ0n) is 37.6. The topological polar surface area (TPSA) is 43.6 Å². The molecule has 0 saturated carbocycles. The van der Waals surface area contributed by atoms with Crippen LogP contribution in [0.15, 0.2) is 194 Å². The molecule has 4 nitrogen and oxygen atoms in total. The maximum Gasteiger partial charge on any atom is 0.166 e. The summed E-state index contributed by atoms with van der Waals surface area (Å²) in [6.07, 6.45) is 0. The van der Waals surface area contributed by atoms with E-state index in [-0.39, 0.29) is 27.6 Å². The van der Waals surface area contributed by atoms with Crippen LogP contribution < -0.4 is 0 Å². The van der Waals surface area contributed by atoms with Gasteiger partial charge in [0.25, 0.3) is 0 Å². The molecule has 0 atom stereocenters. The van der Waals surface area contributed by atoms with Crippen LogP contribution in [0.1, 0.15) is 11.0 Å². The van der Waals surface area contributed by atoms with Gasteiger partial charge in [-0.1, -0.05) is 164 Å². The predicted molar refractivity (Wildman–Crippen MR) is 234 cm³/mol. The highest BCUT2D eigenvalue weighted by atomic mass is 32.1. The molecule has 0 aliphatic heterocycles. The van der Waals surface area contributed by atoms with E-state index in [2.05, 4.69) is 42.5 Å². The van der Waals surface area contributed by atoms with Gasteiger partial charge in [-0.15, -0.1) is 11.3 Å². The van der Waals surface area contributed by atoms with Gasteiger partial charge in [-0.3, -0.25) is 0 Å². The van der Waals surface area contributed by atoms with Crippen LogP contribution >= 0.6 is 11.3 Å². The molecular formula is C51H32N4S. The van der Waals surface area contributed by atoms with Crippen molar-refractivity contribution in [3.8, 4) is 62.1 Å². The summed E-state index contributed by atoms with van der Waals surface area (Å²) in [6, 6.07) is 44.2. The van der Waals surface area contributed by atoms with Crippen LogP contribution in [0.2, 0.25) is 0 Å². The van der Waals surface area contributed by atoms with Crippen LogP contribution in [-0.4, -0.2) is 19.5 Å². The quantitative estimate of drug-likeness (QED) is 0.170. The number of nitrogens with zero attached hydrogens (tertiary/aromatic N) is 4.